The molecule has 2 heterocycles. The van der Waals surface area contributed by atoms with E-state index in [1.165, 1.54) is 16.8 Å². The van der Waals surface area contributed by atoms with E-state index in [1.807, 2.05) is 11.7 Å². The fraction of sp³-hybridized carbons (Fsp3) is 0.550. The average molecular weight is 342 g/mol. The van der Waals surface area contributed by atoms with Crippen molar-refractivity contribution in [3.8, 4) is 5.75 Å². The van der Waals surface area contributed by atoms with E-state index in [0.29, 0.717) is 6.10 Å². The van der Waals surface area contributed by atoms with Gasteiger partial charge < -0.3 is 15.0 Å². The first-order chi connectivity index (χ1) is 12.0. The second kappa shape index (κ2) is 8.02. The Morgan fingerprint density at radius 1 is 1.08 bits per heavy atom. The summed E-state index contributed by atoms with van der Waals surface area (Å²) in [4.78, 5) is 2.36. The molecule has 0 bridgehead atoms. The van der Waals surface area contributed by atoms with E-state index in [1.54, 1.807) is 0 Å². The van der Waals surface area contributed by atoms with E-state index >= 15 is 0 Å². The van der Waals surface area contributed by atoms with Crippen molar-refractivity contribution in [3.05, 3.63) is 46.8 Å². The third kappa shape index (κ3) is 4.61. The quantitative estimate of drug-likeness (QED) is 0.877. The highest BCUT2D eigenvalue weighted by Gasteiger charge is 2.17. The first kappa shape index (κ1) is 18.0. The molecule has 1 aromatic carbocycles. The van der Waals surface area contributed by atoms with Crippen LogP contribution < -0.4 is 10.1 Å². The molecule has 1 aromatic heterocycles. The summed E-state index contributed by atoms with van der Waals surface area (Å²) in [7, 11) is 4.17. The first-order valence-electron chi connectivity index (χ1n) is 9.17. The lowest BCUT2D eigenvalue weighted by Crippen LogP contribution is -2.35. The highest BCUT2D eigenvalue weighted by atomic mass is 16.5. The van der Waals surface area contributed by atoms with Gasteiger partial charge in [0, 0.05) is 44.5 Å². The van der Waals surface area contributed by atoms with Crippen LogP contribution in [0.1, 0.15) is 35.4 Å². The largest absolute Gasteiger partial charge is 0.490 e. The summed E-state index contributed by atoms with van der Waals surface area (Å²) >= 11 is 0. The van der Waals surface area contributed by atoms with Crippen molar-refractivity contribution in [1.29, 1.82) is 0 Å². The van der Waals surface area contributed by atoms with Crippen molar-refractivity contribution in [2.24, 2.45) is 7.05 Å². The number of rotatable bonds is 6. The maximum Gasteiger partial charge on any atom is 0.119 e. The van der Waals surface area contributed by atoms with Crippen LogP contribution in [-0.4, -0.2) is 40.9 Å². The standard InChI is InChI=1S/C20H30N4O/c1-15-20(16(2)24(4)22-15)14-21-13-17-5-7-18(8-6-17)25-19-9-11-23(3)12-10-19/h5-8,19,21H,9-14H2,1-4H3. The number of ether oxygens (including phenoxy) is 1. The summed E-state index contributed by atoms with van der Waals surface area (Å²) in [6.07, 6.45) is 2.59. The zero-order valence-electron chi connectivity index (χ0n) is 15.9. The number of hydrogen-bond donors (Lipinski definition) is 1. The monoisotopic (exact) mass is 342 g/mol. The van der Waals surface area contributed by atoms with Crippen molar-refractivity contribution < 1.29 is 4.74 Å². The average Bonchev–Trinajstić information content (AvgIpc) is 2.84. The number of aryl methyl sites for hydroxylation is 2. The van der Waals surface area contributed by atoms with E-state index in [2.05, 4.69) is 60.5 Å². The van der Waals surface area contributed by atoms with Gasteiger partial charge in [-0.15, -0.1) is 0 Å². The van der Waals surface area contributed by atoms with Gasteiger partial charge in [0.2, 0.25) is 0 Å². The molecule has 1 aliphatic rings. The summed E-state index contributed by atoms with van der Waals surface area (Å²) < 4.78 is 8.05. The van der Waals surface area contributed by atoms with Crippen LogP contribution in [-0.2, 0) is 20.1 Å². The highest BCUT2D eigenvalue weighted by Crippen LogP contribution is 2.19. The maximum atomic E-state index is 6.11. The van der Waals surface area contributed by atoms with Crippen molar-refractivity contribution in [3.63, 3.8) is 0 Å². The molecule has 0 saturated carbocycles. The summed E-state index contributed by atoms with van der Waals surface area (Å²) in [5, 5.41) is 7.98. The Morgan fingerprint density at radius 3 is 2.36 bits per heavy atom. The van der Waals surface area contributed by atoms with Crippen LogP contribution in [0.3, 0.4) is 0 Å². The van der Waals surface area contributed by atoms with Crippen LogP contribution in [0.15, 0.2) is 24.3 Å². The van der Waals surface area contributed by atoms with Crippen LogP contribution in [0.25, 0.3) is 0 Å². The molecule has 1 N–H and O–H groups in total. The molecule has 0 amide bonds. The van der Waals surface area contributed by atoms with Crippen LogP contribution in [0, 0.1) is 13.8 Å². The molecule has 25 heavy (non-hydrogen) atoms. The van der Waals surface area contributed by atoms with E-state index < -0.39 is 0 Å². The van der Waals surface area contributed by atoms with Gasteiger partial charge in [-0.1, -0.05) is 12.1 Å². The summed E-state index contributed by atoms with van der Waals surface area (Å²) in [5.74, 6) is 0.984. The molecule has 5 heteroatoms. The number of benzene rings is 1. The van der Waals surface area contributed by atoms with Gasteiger partial charge in [0.15, 0.2) is 0 Å². The van der Waals surface area contributed by atoms with Gasteiger partial charge in [-0.25, -0.2) is 0 Å². The summed E-state index contributed by atoms with van der Waals surface area (Å²) in [6, 6.07) is 8.49. The number of nitrogens with one attached hydrogen (secondary N) is 1. The molecule has 0 atom stereocenters. The second-order valence-corrected chi connectivity index (χ2v) is 7.14. The first-order valence-corrected chi connectivity index (χ1v) is 9.17. The van der Waals surface area contributed by atoms with Gasteiger partial charge in [-0.3, -0.25) is 4.68 Å². The SMILES string of the molecule is Cc1nn(C)c(C)c1CNCc1ccc(OC2CCN(C)CC2)cc1. The Balaban J connectivity index is 1.47. The summed E-state index contributed by atoms with van der Waals surface area (Å²) in [6.45, 7) is 8.13. The normalized spacial score (nSPS) is 16.3. The molecule has 2 aromatic rings. The predicted octanol–water partition coefficient (Wildman–Crippen LogP) is 2.80. The molecule has 1 fully saturated rings. The molecule has 3 rings (SSSR count). The third-order valence-electron chi connectivity index (χ3n) is 5.18. The van der Waals surface area contributed by atoms with Crippen LogP contribution in [0.5, 0.6) is 5.75 Å². The highest BCUT2D eigenvalue weighted by molar-refractivity contribution is 5.28. The van der Waals surface area contributed by atoms with Crippen molar-refractivity contribution in [2.45, 2.75) is 45.9 Å². The molecular weight excluding hydrogens is 312 g/mol. The molecule has 0 aliphatic carbocycles. The Labute approximate surface area is 151 Å². The minimum Gasteiger partial charge on any atom is -0.490 e. The minimum absolute atomic E-state index is 0.358. The lowest BCUT2D eigenvalue weighted by atomic mass is 10.1. The number of aromatic nitrogens is 2. The fourth-order valence-electron chi connectivity index (χ4n) is 3.39. The van der Waals surface area contributed by atoms with E-state index in [0.717, 1.165) is 50.5 Å². The third-order valence-corrected chi connectivity index (χ3v) is 5.18. The molecule has 1 aliphatic heterocycles. The molecule has 0 radical (unpaired) electrons. The van der Waals surface area contributed by atoms with Gasteiger partial charge in [-0.2, -0.15) is 5.10 Å². The number of nitrogens with zero attached hydrogens (tertiary/aromatic N) is 3. The smallest absolute Gasteiger partial charge is 0.119 e. The van der Waals surface area contributed by atoms with Gasteiger partial charge in [0.25, 0.3) is 0 Å². The van der Waals surface area contributed by atoms with Crippen LogP contribution in [0.4, 0.5) is 0 Å². The number of hydrogen-bond acceptors (Lipinski definition) is 4. The molecule has 0 spiro atoms. The van der Waals surface area contributed by atoms with E-state index in [9.17, 15) is 0 Å². The van der Waals surface area contributed by atoms with Gasteiger partial charge in [0.05, 0.1) is 5.69 Å². The summed E-state index contributed by atoms with van der Waals surface area (Å²) in [5.41, 5.74) is 4.90. The minimum atomic E-state index is 0.358. The molecule has 136 valence electrons. The Hall–Kier alpha value is -1.85. The van der Waals surface area contributed by atoms with Crippen molar-refractivity contribution in [1.82, 2.24) is 20.0 Å². The zero-order valence-corrected chi connectivity index (χ0v) is 15.9. The fourth-order valence-corrected chi connectivity index (χ4v) is 3.39. The van der Waals surface area contributed by atoms with Crippen LogP contribution >= 0.6 is 0 Å². The maximum absolute atomic E-state index is 6.11. The predicted molar refractivity (Wildman–Crippen MR) is 101 cm³/mol. The molecule has 1 saturated heterocycles. The lowest BCUT2D eigenvalue weighted by molar-refractivity contribution is 0.114. The van der Waals surface area contributed by atoms with Crippen molar-refractivity contribution in [2.75, 3.05) is 20.1 Å². The van der Waals surface area contributed by atoms with Gasteiger partial charge in [0.1, 0.15) is 11.9 Å². The number of piperidine rings is 1. The Morgan fingerprint density at radius 2 is 1.76 bits per heavy atom. The second-order valence-electron chi connectivity index (χ2n) is 7.14. The van der Waals surface area contributed by atoms with Gasteiger partial charge in [-0.05, 0) is 51.4 Å². The van der Waals surface area contributed by atoms with Crippen molar-refractivity contribution >= 4 is 0 Å². The molecule has 5 nitrogen and oxygen atoms in total. The zero-order chi connectivity index (χ0) is 17.8. The van der Waals surface area contributed by atoms with E-state index in [4.69, 9.17) is 4.74 Å². The molecule has 0 unspecified atom stereocenters. The molecular formula is C20H30N4O. The topological polar surface area (TPSA) is 42.3 Å². The number of likely N-dealkylation sites (tertiary alicyclic amines) is 1. The lowest BCUT2D eigenvalue weighted by Gasteiger charge is -2.29. The van der Waals surface area contributed by atoms with Gasteiger partial charge >= 0.3 is 0 Å². The Kier molecular flexibility index (Phi) is 5.76. The van der Waals surface area contributed by atoms with E-state index in [-0.39, 0.29) is 0 Å². The van der Waals surface area contributed by atoms with Crippen LogP contribution in [0.2, 0.25) is 0 Å². The Bertz CT molecular complexity index is 684.